The fraction of sp³-hybridized carbons (Fsp3) is 0.143. The standard InChI is InChI=1S/C21H20O4/c1-3-4-15-24-19-12-7-18(8-13-19)16-25-20-10-5-17(6-11-20)9-14-21(22)23-2/h4-14H,1,15-16H2,2H3/b14-9+. The maximum absolute atomic E-state index is 11.1. The highest BCUT2D eigenvalue weighted by molar-refractivity contribution is 5.86. The molecule has 0 aromatic heterocycles. The maximum atomic E-state index is 11.1. The van der Waals surface area contributed by atoms with Crippen LogP contribution < -0.4 is 9.47 Å². The minimum absolute atomic E-state index is 0.381. The zero-order chi connectivity index (χ0) is 17.9. The summed E-state index contributed by atoms with van der Waals surface area (Å²) >= 11 is 0. The van der Waals surface area contributed by atoms with Crippen LogP contribution in [0.5, 0.6) is 11.5 Å². The minimum Gasteiger partial charge on any atom is -0.489 e. The van der Waals surface area contributed by atoms with Crippen LogP contribution in [0.15, 0.2) is 73.0 Å². The molecule has 0 fully saturated rings. The van der Waals surface area contributed by atoms with Crippen molar-refractivity contribution in [2.45, 2.75) is 6.61 Å². The molecule has 0 N–H and O–H groups in total. The molecule has 0 bridgehead atoms. The van der Waals surface area contributed by atoms with Crippen LogP contribution in [0.3, 0.4) is 0 Å². The molecule has 2 rings (SSSR count). The second-order valence-corrected chi connectivity index (χ2v) is 5.08. The number of carbonyl (C=O) groups is 1. The maximum Gasteiger partial charge on any atom is 0.330 e. The van der Waals surface area contributed by atoms with Crippen LogP contribution in [0.25, 0.3) is 6.08 Å². The third-order valence-electron chi connectivity index (χ3n) is 3.30. The average molecular weight is 336 g/mol. The van der Waals surface area contributed by atoms with Crippen molar-refractivity contribution in [2.24, 2.45) is 0 Å². The molecule has 0 saturated heterocycles. The molecule has 0 aliphatic rings. The molecule has 2 aromatic carbocycles. The summed E-state index contributed by atoms with van der Waals surface area (Å²) in [5.41, 5.74) is 4.60. The zero-order valence-electron chi connectivity index (χ0n) is 14.1. The second-order valence-electron chi connectivity index (χ2n) is 5.08. The Balaban J connectivity index is 1.85. The third kappa shape index (κ3) is 6.42. The summed E-state index contributed by atoms with van der Waals surface area (Å²) in [6.07, 6.45) is 4.79. The first-order chi connectivity index (χ1) is 12.2. The van der Waals surface area contributed by atoms with Gasteiger partial charge in [-0.15, -0.1) is 5.73 Å². The highest BCUT2D eigenvalue weighted by atomic mass is 16.5. The summed E-state index contributed by atoms with van der Waals surface area (Å²) in [6, 6.07) is 15.2. The van der Waals surface area contributed by atoms with Gasteiger partial charge >= 0.3 is 5.97 Å². The first-order valence-corrected chi connectivity index (χ1v) is 7.76. The van der Waals surface area contributed by atoms with E-state index in [0.29, 0.717) is 13.2 Å². The quantitative estimate of drug-likeness (QED) is 0.412. The van der Waals surface area contributed by atoms with Crippen LogP contribution >= 0.6 is 0 Å². The predicted octanol–water partition coefficient (Wildman–Crippen LogP) is 4.17. The molecule has 0 radical (unpaired) electrons. The predicted molar refractivity (Wildman–Crippen MR) is 97.5 cm³/mol. The van der Waals surface area contributed by atoms with Gasteiger partial charge in [0, 0.05) is 6.08 Å². The van der Waals surface area contributed by atoms with Crippen LogP contribution in [0.4, 0.5) is 0 Å². The van der Waals surface area contributed by atoms with Gasteiger partial charge in [-0.2, -0.15) is 0 Å². The molecule has 0 atom stereocenters. The molecule has 0 heterocycles. The summed E-state index contributed by atoms with van der Waals surface area (Å²) in [6.45, 7) is 4.40. The summed E-state index contributed by atoms with van der Waals surface area (Å²) in [5, 5.41) is 0. The molecular formula is C21H20O4. The van der Waals surface area contributed by atoms with E-state index in [1.54, 1.807) is 12.2 Å². The van der Waals surface area contributed by atoms with Gasteiger partial charge in [0.15, 0.2) is 0 Å². The van der Waals surface area contributed by atoms with Crippen LogP contribution in [0.2, 0.25) is 0 Å². The lowest BCUT2D eigenvalue weighted by atomic mass is 10.2. The van der Waals surface area contributed by atoms with E-state index in [9.17, 15) is 4.79 Å². The van der Waals surface area contributed by atoms with Gasteiger partial charge in [-0.3, -0.25) is 0 Å². The zero-order valence-corrected chi connectivity index (χ0v) is 14.1. The van der Waals surface area contributed by atoms with Crippen LogP contribution in [0.1, 0.15) is 11.1 Å². The van der Waals surface area contributed by atoms with Crippen LogP contribution in [-0.4, -0.2) is 19.7 Å². The molecule has 4 nitrogen and oxygen atoms in total. The average Bonchev–Trinajstić information content (AvgIpc) is 2.66. The van der Waals surface area contributed by atoms with Crippen molar-refractivity contribution in [3.05, 3.63) is 84.1 Å². The van der Waals surface area contributed by atoms with Gasteiger partial charge in [-0.25, -0.2) is 4.79 Å². The van der Waals surface area contributed by atoms with Gasteiger partial charge in [0.1, 0.15) is 24.7 Å². The van der Waals surface area contributed by atoms with E-state index >= 15 is 0 Å². The number of benzene rings is 2. The van der Waals surface area contributed by atoms with Gasteiger partial charge < -0.3 is 14.2 Å². The van der Waals surface area contributed by atoms with Crippen molar-refractivity contribution < 1.29 is 19.0 Å². The monoisotopic (exact) mass is 336 g/mol. The van der Waals surface area contributed by atoms with E-state index in [-0.39, 0.29) is 5.97 Å². The molecule has 0 amide bonds. The van der Waals surface area contributed by atoms with Crippen molar-refractivity contribution in [1.29, 1.82) is 0 Å². The number of hydrogen-bond acceptors (Lipinski definition) is 4. The first-order valence-electron chi connectivity index (χ1n) is 7.76. The Labute approximate surface area is 147 Å². The Kier molecular flexibility index (Phi) is 7.11. The highest BCUT2D eigenvalue weighted by Gasteiger charge is 1.98. The number of esters is 1. The molecule has 0 unspecified atom stereocenters. The molecule has 25 heavy (non-hydrogen) atoms. The van der Waals surface area contributed by atoms with Gasteiger partial charge in [0.25, 0.3) is 0 Å². The first kappa shape index (κ1) is 18.1. The molecule has 0 aliphatic heterocycles. The Hall–Kier alpha value is -3.23. The number of hydrogen-bond donors (Lipinski definition) is 0. The van der Waals surface area contributed by atoms with Gasteiger partial charge in [0.2, 0.25) is 0 Å². The third-order valence-corrected chi connectivity index (χ3v) is 3.30. The minimum atomic E-state index is -0.381. The molecule has 0 saturated carbocycles. The van der Waals surface area contributed by atoms with Crippen LogP contribution in [0, 0.1) is 0 Å². The number of carbonyl (C=O) groups excluding carboxylic acids is 1. The Morgan fingerprint density at radius 3 is 2.32 bits per heavy atom. The Bertz CT molecular complexity index is 751. The topological polar surface area (TPSA) is 44.8 Å². The SMILES string of the molecule is C=C=CCOc1ccc(COc2ccc(/C=C/C(=O)OC)cc2)cc1. The summed E-state index contributed by atoms with van der Waals surface area (Å²) < 4.78 is 15.8. The van der Waals surface area contributed by atoms with Crippen molar-refractivity contribution in [1.82, 2.24) is 0 Å². The number of ether oxygens (including phenoxy) is 3. The van der Waals surface area contributed by atoms with E-state index in [1.807, 2.05) is 48.5 Å². The lowest BCUT2D eigenvalue weighted by Crippen LogP contribution is -1.97. The molecule has 0 spiro atoms. The van der Waals surface area contributed by atoms with E-state index in [0.717, 1.165) is 22.6 Å². The summed E-state index contributed by atoms with van der Waals surface area (Å²) in [7, 11) is 1.35. The van der Waals surface area contributed by atoms with Gasteiger partial charge in [-0.1, -0.05) is 30.8 Å². The lowest BCUT2D eigenvalue weighted by Gasteiger charge is -2.08. The lowest BCUT2D eigenvalue weighted by molar-refractivity contribution is -0.134. The van der Waals surface area contributed by atoms with E-state index in [2.05, 4.69) is 17.0 Å². The molecule has 0 aliphatic carbocycles. The molecular weight excluding hydrogens is 316 g/mol. The number of methoxy groups -OCH3 is 1. The van der Waals surface area contributed by atoms with E-state index < -0.39 is 0 Å². The number of rotatable bonds is 8. The van der Waals surface area contributed by atoms with Gasteiger partial charge in [0.05, 0.1) is 7.11 Å². The Morgan fingerprint density at radius 1 is 1.04 bits per heavy atom. The summed E-state index contributed by atoms with van der Waals surface area (Å²) in [5.74, 6) is 1.16. The molecule has 4 heteroatoms. The normalized spacial score (nSPS) is 10.1. The van der Waals surface area contributed by atoms with Crippen molar-refractivity contribution >= 4 is 12.0 Å². The molecule has 2 aromatic rings. The van der Waals surface area contributed by atoms with E-state index in [4.69, 9.17) is 9.47 Å². The highest BCUT2D eigenvalue weighted by Crippen LogP contribution is 2.17. The van der Waals surface area contributed by atoms with Gasteiger partial charge in [-0.05, 0) is 47.5 Å². The second kappa shape index (κ2) is 9.81. The molecule has 128 valence electrons. The fourth-order valence-electron chi connectivity index (χ4n) is 1.95. The van der Waals surface area contributed by atoms with Crippen molar-refractivity contribution in [3.63, 3.8) is 0 Å². The van der Waals surface area contributed by atoms with Crippen molar-refractivity contribution in [2.75, 3.05) is 13.7 Å². The Morgan fingerprint density at radius 2 is 1.68 bits per heavy atom. The van der Waals surface area contributed by atoms with E-state index in [1.165, 1.54) is 13.2 Å². The summed E-state index contributed by atoms with van der Waals surface area (Å²) in [4.78, 5) is 11.1. The fourth-order valence-corrected chi connectivity index (χ4v) is 1.95. The van der Waals surface area contributed by atoms with Crippen molar-refractivity contribution in [3.8, 4) is 11.5 Å². The largest absolute Gasteiger partial charge is 0.489 e. The smallest absolute Gasteiger partial charge is 0.330 e. The van der Waals surface area contributed by atoms with Crippen LogP contribution in [-0.2, 0) is 16.1 Å².